The molecule has 1 aliphatic heterocycles. The van der Waals surface area contributed by atoms with Gasteiger partial charge in [-0.25, -0.2) is 4.98 Å². The molecule has 1 saturated heterocycles. The van der Waals surface area contributed by atoms with Crippen LogP contribution in [0.5, 0.6) is 0 Å². The van der Waals surface area contributed by atoms with Crippen LogP contribution in [0.2, 0.25) is 15.1 Å². The van der Waals surface area contributed by atoms with Crippen molar-refractivity contribution in [1.29, 1.82) is 0 Å². The highest BCUT2D eigenvalue weighted by Crippen LogP contribution is 2.30. The number of hydrogen-bond acceptors (Lipinski definition) is 3. The SMILES string of the molecule is Cc1cccc2c(C(=O)N3CCN(c4ccc(Cl)c(Cl)c4)CC3)cc(-c3ccc(Cl)cc3)nc12. The van der Waals surface area contributed by atoms with Crippen LogP contribution in [0.25, 0.3) is 22.2 Å². The molecule has 0 radical (unpaired) electrons. The van der Waals surface area contributed by atoms with Gasteiger partial charge in [0.1, 0.15) is 0 Å². The van der Waals surface area contributed by atoms with Crippen molar-refractivity contribution in [1.82, 2.24) is 9.88 Å². The molecule has 0 saturated carbocycles. The van der Waals surface area contributed by atoms with Gasteiger partial charge in [0.2, 0.25) is 0 Å². The van der Waals surface area contributed by atoms with E-state index in [1.807, 2.05) is 72.5 Å². The Morgan fingerprint density at radius 3 is 2.29 bits per heavy atom. The van der Waals surface area contributed by atoms with E-state index >= 15 is 0 Å². The third kappa shape index (κ3) is 4.46. The van der Waals surface area contributed by atoms with Gasteiger partial charge < -0.3 is 9.80 Å². The number of aromatic nitrogens is 1. The van der Waals surface area contributed by atoms with Crippen molar-refractivity contribution in [2.24, 2.45) is 0 Å². The van der Waals surface area contributed by atoms with Crippen molar-refractivity contribution in [3.8, 4) is 11.3 Å². The number of rotatable bonds is 3. The Kier molecular flexibility index (Phi) is 6.39. The maximum Gasteiger partial charge on any atom is 0.254 e. The van der Waals surface area contributed by atoms with Crippen molar-refractivity contribution < 1.29 is 4.79 Å². The largest absolute Gasteiger partial charge is 0.368 e. The van der Waals surface area contributed by atoms with Crippen LogP contribution in [0.15, 0.2) is 66.7 Å². The van der Waals surface area contributed by atoms with Crippen molar-refractivity contribution in [2.45, 2.75) is 6.92 Å². The molecule has 0 bridgehead atoms. The summed E-state index contributed by atoms with van der Waals surface area (Å²) in [5, 5.41) is 2.60. The number of nitrogens with zero attached hydrogens (tertiary/aromatic N) is 3. The fourth-order valence-corrected chi connectivity index (χ4v) is 4.78. The summed E-state index contributed by atoms with van der Waals surface area (Å²) < 4.78 is 0. The Bertz CT molecular complexity index is 1380. The molecule has 7 heteroatoms. The molecule has 172 valence electrons. The van der Waals surface area contributed by atoms with Gasteiger partial charge in [-0.05, 0) is 48.9 Å². The predicted molar refractivity (Wildman–Crippen MR) is 142 cm³/mol. The minimum absolute atomic E-state index is 0.0157. The second-order valence-corrected chi connectivity index (χ2v) is 9.66. The molecule has 2 heterocycles. The Balaban J connectivity index is 1.45. The molecule has 1 fully saturated rings. The summed E-state index contributed by atoms with van der Waals surface area (Å²) in [4.78, 5) is 22.7. The molecule has 3 aromatic carbocycles. The van der Waals surface area contributed by atoms with E-state index in [0.29, 0.717) is 33.7 Å². The monoisotopic (exact) mass is 509 g/mol. The number of hydrogen-bond donors (Lipinski definition) is 0. The third-order valence-electron chi connectivity index (χ3n) is 6.25. The van der Waals surface area contributed by atoms with E-state index in [4.69, 9.17) is 39.8 Å². The van der Waals surface area contributed by atoms with Gasteiger partial charge in [-0.15, -0.1) is 0 Å². The van der Waals surface area contributed by atoms with Crippen molar-refractivity contribution in [3.05, 3.63) is 92.9 Å². The van der Waals surface area contributed by atoms with Crippen LogP contribution in [0, 0.1) is 6.92 Å². The number of amides is 1. The fraction of sp³-hybridized carbons (Fsp3) is 0.185. The van der Waals surface area contributed by atoms with Crippen LogP contribution in [0.3, 0.4) is 0 Å². The molecule has 4 nitrogen and oxygen atoms in total. The molecule has 0 aliphatic carbocycles. The lowest BCUT2D eigenvalue weighted by Gasteiger charge is -2.36. The quantitative estimate of drug-likeness (QED) is 0.294. The molecule has 0 unspecified atom stereocenters. The van der Waals surface area contributed by atoms with Gasteiger partial charge in [0.05, 0.1) is 26.8 Å². The van der Waals surface area contributed by atoms with E-state index in [1.54, 1.807) is 6.07 Å². The number of aryl methyl sites for hydroxylation is 1. The molecular formula is C27H22Cl3N3O. The van der Waals surface area contributed by atoms with Gasteiger partial charge >= 0.3 is 0 Å². The van der Waals surface area contributed by atoms with Gasteiger partial charge in [0.15, 0.2) is 0 Å². The molecule has 4 aromatic rings. The van der Waals surface area contributed by atoms with Crippen molar-refractivity contribution in [3.63, 3.8) is 0 Å². The maximum atomic E-state index is 13.7. The molecule has 0 N–H and O–H groups in total. The van der Waals surface area contributed by atoms with Gasteiger partial charge in [-0.1, -0.05) is 65.1 Å². The number of fused-ring (bicyclic) bond motifs is 1. The molecule has 34 heavy (non-hydrogen) atoms. The van der Waals surface area contributed by atoms with E-state index in [2.05, 4.69) is 4.90 Å². The molecule has 5 rings (SSSR count). The Hall–Kier alpha value is -2.79. The summed E-state index contributed by atoms with van der Waals surface area (Å²) in [5.74, 6) is 0.0157. The number of pyridine rings is 1. The number of benzene rings is 3. The first kappa shape index (κ1) is 23.0. The minimum Gasteiger partial charge on any atom is -0.368 e. The fourth-order valence-electron chi connectivity index (χ4n) is 4.36. The number of anilines is 1. The molecule has 1 aliphatic rings. The van der Waals surface area contributed by atoms with Crippen LogP contribution in [0.1, 0.15) is 15.9 Å². The van der Waals surface area contributed by atoms with E-state index < -0.39 is 0 Å². The lowest BCUT2D eigenvalue weighted by atomic mass is 10.0. The van der Waals surface area contributed by atoms with Crippen LogP contribution < -0.4 is 4.90 Å². The zero-order chi connectivity index (χ0) is 23.8. The predicted octanol–water partition coefficient (Wildman–Crippen LogP) is 7.13. The second-order valence-electron chi connectivity index (χ2n) is 8.41. The summed E-state index contributed by atoms with van der Waals surface area (Å²) in [7, 11) is 0. The normalized spacial score (nSPS) is 14.0. The highest BCUT2D eigenvalue weighted by Gasteiger charge is 2.25. The average Bonchev–Trinajstić information content (AvgIpc) is 2.86. The number of carbonyl (C=O) groups excluding carboxylic acids is 1. The topological polar surface area (TPSA) is 36.4 Å². The smallest absolute Gasteiger partial charge is 0.254 e. The zero-order valence-electron chi connectivity index (χ0n) is 18.6. The minimum atomic E-state index is 0.0157. The Labute approximate surface area is 213 Å². The van der Waals surface area contributed by atoms with Crippen molar-refractivity contribution in [2.75, 3.05) is 31.1 Å². The molecular weight excluding hydrogens is 489 g/mol. The van der Waals surface area contributed by atoms with Gasteiger partial charge in [0.25, 0.3) is 5.91 Å². The first-order chi connectivity index (χ1) is 16.4. The van der Waals surface area contributed by atoms with Gasteiger partial charge in [-0.3, -0.25) is 4.79 Å². The lowest BCUT2D eigenvalue weighted by molar-refractivity contribution is 0.0748. The first-order valence-corrected chi connectivity index (χ1v) is 12.2. The van der Waals surface area contributed by atoms with Crippen LogP contribution in [0.4, 0.5) is 5.69 Å². The number of piperazine rings is 1. The second kappa shape index (κ2) is 9.46. The lowest BCUT2D eigenvalue weighted by Crippen LogP contribution is -2.48. The van der Waals surface area contributed by atoms with E-state index in [9.17, 15) is 4.79 Å². The number of carbonyl (C=O) groups is 1. The highest BCUT2D eigenvalue weighted by molar-refractivity contribution is 6.42. The standard InChI is InChI=1S/C27H22Cl3N3O/c1-17-3-2-4-21-22(16-25(31-26(17)21)18-5-7-19(28)8-6-18)27(34)33-13-11-32(12-14-33)20-9-10-23(29)24(30)15-20/h2-10,15-16H,11-14H2,1H3. The highest BCUT2D eigenvalue weighted by atomic mass is 35.5. The molecule has 0 spiro atoms. The number of halogens is 3. The van der Waals surface area contributed by atoms with Crippen molar-refractivity contribution >= 4 is 57.3 Å². The summed E-state index contributed by atoms with van der Waals surface area (Å²) in [5.41, 5.74) is 5.24. The van der Waals surface area contributed by atoms with Gasteiger partial charge in [-0.2, -0.15) is 0 Å². The average molecular weight is 511 g/mol. The maximum absolute atomic E-state index is 13.7. The number of para-hydroxylation sites is 1. The Morgan fingerprint density at radius 1 is 0.853 bits per heavy atom. The summed E-state index contributed by atoms with van der Waals surface area (Å²) in [6.07, 6.45) is 0. The van der Waals surface area contributed by atoms with E-state index in [-0.39, 0.29) is 5.91 Å². The van der Waals surface area contributed by atoms with Crippen LogP contribution in [-0.4, -0.2) is 42.0 Å². The summed E-state index contributed by atoms with van der Waals surface area (Å²) in [6, 6.07) is 21.0. The van der Waals surface area contributed by atoms with Crippen LogP contribution >= 0.6 is 34.8 Å². The van der Waals surface area contributed by atoms with Gasteiger partial charge in [0, 0.05) is 47.8 Å². The van der Waals surface area contributed by atoms with E-state index in [1.165, 1.54) is 0 Å². The summed E-state index contributed by atoms with van der Waals surface area (Å²) >= 11 is 18.3. The zero-order valence-corrected chi connectivity index (χ0v) is 20.8. The van der Waals surface area contributed by atoms with Crippen LogP contribution in [-0.2, 0) is 0 Å². The third-order valence-corrected chi connectivity index (χ3v) is 7.24. The Morgan fingerprint density at radius 2 is 1.59 bits per heavy atom. The summed E-state index contributed by atoms with van der Waals surface area (Å²) in [6.45, 7) is 4.69. The van der Waals surface area contributed by atoms with E-state index in [0.717, 1.165) is 46.5 Å². The molecule has 0 atom stereocenters. The first-order valence-electron chi connectivity index (χ1n) is 11.1. The molecule has 1 aromatic heterocycles. The molecule has 1 amide bonds.